The van der Waals surface area contributed by atoms with Crippen LogP contribution >= 0.6 is 0 Å². The molecule has 0 aromatic heterocycles. The van der Waals surface area contributed by atoms with Gasteiger partial charge in [0.1, 0.15) is 0 Å². The SMILES string of the molecule is C=CC(=O)C1CCCCN1.[HH]. The Labute approximate surface area is 62.8 Å². The van der Waals surface area contributed by atoms with E-state index in [9.17, 15) is 4.79 Å². The molecule has 0 bridgehead atoms. The molecule has 1 atom stereocenters. The summed E-state index contributed by atoms with van der Waals surface area (Å²) < 4.78 is 0. The first-order valence-electron chi connectivity index (χ1n) is 3.74. The summed E-state index contributed by atoms with van der Waals surface area (Å²) in [6.45, 7) is 4.42. The minimum atomic E-state index is 0. The zero-order valence-electron chi connectivity index (χ0n) is 6.10. The Balaban J connectivity index is 0.000001000. The normalized spacial score (nSPS) is 25.8. The molecule has 2 heteroatoms. The van der Waals surface area contributed by atoms with Crippen molar-refractivity contribution in [1.82, 2.24) is 5.32 Å². The van der Waals surface area contributed by atoms with Crippen LogP contribution in [-0.2, 0) is 4.79 Å². The second-order valence-corrected chi connectivity index (χ2v) is 2.61. The average Bonchev–Trinajstić information content (AvgIpc) is 2.05. The van der Waals surface area contributed by atoms with Crippen molar-refractivity contribution in [2.45, 2.75) is 25.3 Å². The molecule has 0 saturated carbocycles. The fraction of sp³-hybridized carbons (Fsp3) is 0.625. The van der Waals surface area contributed by atoms with E-state index in [2.05, 4.69) is 11.9 Å². The van der Waals surface area contributed by atoms with Gasteiger partial charge in [0.15, 0.2) is 5.78 Å². The molecule has 0 spiro atoms. The second-order valence-electron chi connectivity index (χ2n) is 2.61. The van der Waals surface area contributed by atoms with E-state index in [4.69, 9.17) is 0 Å². The molecular formula is C8H15NO. The Morgan fingerprint density at radius 3 is 3.00 bits per heavy atom. The summed E-state index contributed by atoms with van der Waals surface area (Å²) in [6, 6.07) is 0.0613. The largest absolute Gasteiger partial charge is 0.307 e. The van der Waals surface area contributed by atoms with Crippen LogP contribution in [0.5, 0.6) is 0 Å². The van der Waals surface area contributed by atoms with E-state index in [1.165, 1.54) is 12.5 Å². The van der Waals surface area contributed by atoms with Crippen LogP contribution < -0.4 is 5.32 Å². The van der Waals surface area contributed by atoms with Gasteiger partial charge in [0, 0.05) is 1.43 Å². The minimum absolute atomic E-state index is 0. The molecule has 58 valence electrons. The fourth-order valence-electron chi connectivity index (χ4n) is 1.24. The van der Waals surface area contributed by atoms with Crippen LogP contribution in [0.15, 0.2) is 12.7 Å². The van der Waals surface area contributed by atoms with Crippen molar-refractivity contribution < 1.29 is 6.22 Å². The zero-order valence-corrected chi connectivity index (χ0v) is 6.10. The van der Waals surface area contributed by atoms with E-state index in [0.717, 1.165) is 19.4 Å². The summed E-state index contributed by atoms with van der Waals surface area (Å²) in [4.78, 5) is 11.0. The highest BCUT2D eigenvalue weighted by Crippen LogP contribution is 2.07. The Morgan fingerprint density at radius 2 is 2.50 bits per heavy atom. The first kappa shape index (κ1) is 7.48. The van der Waals surface area contributed by atoms with Crippen LogP contribution in [0.2, 0.25) is 0 Å². The molecular weight excluding hydrogens is 126 g/mol. The molecule has 2 nitrogen and oxygen atoms in total. The maximum absolute atomic E-state index is 11.0. The third-order valence-electron chi connectivity index (χ3n) is 1.85. The molecule has 1 unspecified atom stereocenters. The van der Waals surface area contributed by atoms with Gasteiger partial charge in [-0.1, -0.05) is 13.0 Å². The minimum Gasteiger partial charge on any atom is -0.307 e. The van der Waals surface area contributed by atoms with Gasteiger partial charge in [0.05, 0.1) is 6.04 Å². The molecule has 0 radical (unpaired) electrons. The van der Waals surface area contributed by atoms with Crippen molar-refractivity contribution in [3.8, 4) is 0 Å². The molecule has 1 rings (SSSR count). The molecule has 1 aliphatic rings. The molecule has 0 aliphatic carbocycles. The quantitative estimate of drug-likeness (QED) is 0.584. The number of nitrogens with one attached hydrogen (secondary N) is 1. The van der Waals surface area contributed by atoms with Crippen molar-refractivity contribution >= 4 is 5.78 Å². The third-order valence-corrected chi connectivity index (χ3v) is 1.85. The molecule has 10 heavy (non-hydrogen) atoms. The van der Waals surface area contributed by atoms with Crippen LogP contribution in [-0.4, -0.2) is 18.4 Å². The highest BCUT2D eigenvalue weighted by atomic mass is 16.1. The molecule has 1 saturated heterocycles. The van der Waals surface area contributed by atoms with E-state index in [0.29, 0.717) is 0 Å². The highest BCUT2D eigenvalue weighted by molar-refractivity contribution is 5.93. The van der Waals surface area contributed by atoms with Crippen molar-refractivity contribution in [3.05, 3.63) is 12.7 Å². The zero-order chi connectivity index (χ0) is 7.40. The number of carbonyl (C=O) groups is 1. The van der Waals surface area contributed by atoms with Crippen molar-refractivity contribution in [2.24, 2.45) is 0 Å². The second kappa shape index (κ2) is 3.52. The Morgan fingerprint density at radius 1 is 1.70 bits per heavy atom. The Hall–Kier alpha value is -0.630. The van der Waals surface area contributed by atoms with Crippen LogP contribution in [0, 0.1) is 0 Å². The lowest BCUT2D eigenvalue weighted by atomic mass is 10.0. The number of rotatable bonds is 2. The van der Waals surface area contributed by atoms with Gasteiger partial charge in [0.2, 0.25) is 0 Å². The van der Waals surface area contributed by atoms with Gasteiger partial charge in [-0.2, -0.15) is 0 Å². The molecule has 1 heterocycles. The van der Waals surface area contributed by atoms with E-state index < -0.39 is 0 Å². The fourth-order valence-corrected chi connectivity index (χ4v) is 1.24. The number of hydrogen-bond donors (Lipinski definition) is 1. The van der Waals surface area contributed by atoms with Gasteiger partial charge in [-0.25, -0.2) is 0 Å². The summed E-state index contributed by atoms with van der Waals surface area (Å²) in [7, 11) is 0. The van der Waals surface area contributed by atoms with E-state index in [1.807, 2.05) is 0 Å². The summed E-state index contributed by atoms with van der Waals surface area (Å²) >= 11 is 0. The van der Waals surface area contributed by atoms with E-state index in [1.54, 1.807) is 0 Å². The lowest BCUT2D eigenvalue weighted by Gasteiger charge is -2.20. The first-order chi connectivity index (χ1) is 4.84. The number of carbonyl (C=O) groups excluding carboxylic acids is 1. The van der Waals surface area contributed by atoms with E-state index >= 15 is 0 Å². The van der Waals surface area contributed by atoms with Crippen molar-refractivity contribution in [3.63, 3.8) is 0 Å². The Kier molecular flexibility index (Phi) is 2.63. The number of hydrogen-bond acceptors (Lipinski definition) is 2. The van der Waals surface area contributed by atoms with Gasteiger partial charge in [-0.15, -0.1) is 0 Å². The van der Waals surface area contributed by atoms with Gasteiger partial charge in [-0.3, -0.25) is 4.79 Å². The molecule has 0 aromatic carbocycles. The third kappa shape index (κ3) is 1.67. The molecule has 0 amide bonds. The average molecular weight is 141 g/mol. The van der Waals surface area contributed by atoms with Gasteiger partial charge >= 0.3 is 0 Å². The van der Waals surface area contributed by atoms with Crippen LogP contribution in [0.4, 0.5) is 0 Å². The molecule has 1 fully saturated rings. The topological polar surface area (TPSA) is 29.1 Å². The lowest BCUT2D eigenvalue weighted by Crippen LogP contribution is -2.39. The van der Waals surface area contributed by atoms with Gasteiger partial charge in [-0.05, 0) is 25.5 Å². The predicted molar refractivity (Wildman–Crippen MR) is 43.0 cm³/mol. The van der Waals surface area contributed by atoms with Gasteiger partial charge < -0.3 is 5.32 Å². The monoisotopic (exact) mass is 141 g/mol. The van der Waals surface area contributed by atoms with Crippen molar-refractivity contribution in [2.75, 3.05) is 6.54 Å². The smallest absolute Gasteiger partial charge is 0.171 e. The summed E-state index contributed by atoms with van der Waals surface area (Å²) in [5, 5.41) is 3.15. The van der Waals surface area contributed by atoms with Crippen LogP contribution in [0.25, 0.3) is 0 Å². The Bertz CT molecular complexity index is 141. The van der Waals surface area contributed by atoms with Crippen molar-refractivity contribution in [1.29, 1.82) is 0 Å². The van der Waals surface area contributed by atoms with Crippen LogP contribution in [0.3, 0.4) is 0 Å². The predicted octanol–water partition coefficient (Wildman–Crippen LogP) is 1.13. The number of piperidine rings is 1. The standard InChI is InChI=1S/C8H13NO.H2/c1-2-8(10)7-5-3-4-6-9-7;/h2,7,9H,1,3-6H2;1H. The summed E-state index contributed by atoms with van der Waals surface area (Å²) in [5.74, 6) is 0.139. The highest BCUT2D eigenvalue weighted by Gasteiger charge is 2.16. The number of ketones is 1. The summed E-state index contributed by atoms with van der Waals surface area (Å²) in [5.41, 5.74) is 0. The molecule has 1 aliphatic heterocycles. The summed E-state index contributed by atoms with van der Waals surface area (Å²) in [6.07, 6.45) is 4.74. The van der Waals surface area contributed by atoms with Gasteiger partial charge in [0.25, 0.3) is 0 Å². The van der Waals surface area contributed by atoms with E-state index in [-0.39, 0.29) is 13.3 Å². The van der Waals surface area contributed by atoms with Crippen LogP contribution in [0.1, 0.15) is 20.7 Å². The molecule has 1 N–H and O–H groups in total. The molecule has 0 aromatic rings. The maximum Gasteiger partial charge on any atom is 0.171 e. The lowest BCUT2D eigenvalue weighted by molar-refractivity contribution is -0.116. The maximum atomic E-state index is 11.0. The first-order valence-corrected chi connectivity index (χ1v) is 3.74.